The molecule has 0 saturated carbocycles. The van der Waals surface area contributed by atoms with E-state index in [2.05, 4.69) is 20.6 Å². The zero-order chi connectivity index (χ0) is 17.0. The molecule has 2 aromatic heterocycles. The van der Waals surface area contributed by atoms with E-state index in [1.54, 1.807) is 24.7 Å². The molecule has 0 aromatic carbocycles. The maximum absolute atomic E-state index is 12.2. The Bertz CT molecular complexity index is 824. The van der Waals surface area contributed by atoms with Gasteiger partial charge in [-0.05, 0) is 30.2 Å². The highest BCUT2D eigenvalue weighted by atomic mass is 32.2. The third-order valence-electron chi connectivity index (χ3n) is 3.81. The summed E-state index contributed by atoms with van der Waals surface area (Å²) in [5.74, 6) is 0.0809. The van der Waals surface area contributed by atoms with E-state index < -0.39 is 9.84 Å². The lowest BCUT2D eigenvalue weighted by Gasteiger charge is -2.13. The molecule has 0 radical (unpaired) electrons. The largest absolute Gasteiger partial charge is 0.380 e. The number of amides is 1. The van der Waals surface area contributed by atoms with E-state index >= 15 is 0 Å². The van der Waals surface area contributed by atoms with Crippen LogP contribution >= 0.6 is 0 Å². The second-order valence-electron chi connectivity index (χ2n) is 5.74. The third-order valence-corrected chi connectivity index (χ3v) is 5.57. The van der Waals surface area contributed by atoms with Crippen LogP contribution in [0, 0.1) is 0 Å². The number of aromatic nitrogens is 2. The molecule has 1 aliphatic heterocycles. The van der Waals surface area contributed by atoms with Crippen LogP contribution in [0.15, 0.2) is 43.0 Å². The van der Waals surface area contributed by atoms with Gasteiger partial charge < -0.3 is 10.6 Å². The minimum absolute atomic E-state index is 0.117. The van der Waals surface area contributed by atoms with Gasteiger partial charge in [0.05, 0.1) is 22.8 Å². The van der Waals surface area contributed by atoms with Crippen molar-refractivity contribution in [1.29, 1.82) is 0 Å². The maximum atomic E-state index is 12.2. The fourth-order valence-electron chi connectivity index (χ4n) is 2.57. The van der Waals surface area contributed by atoms with Crippen molar-refractivity contribution in [2.24, 2.45) is 0 Å². The number of anilines is 1. The first-order chi connectivity index (χ1) is 11.5. The number of carbonyl (C=O) groups is 1. The van der Waals surface area contributed by atoms with Gasteiger partial charge in [-0.3, -0.25) is 14.8 Å². The Balaban J connectivity index is 1.61. The van der Waals surface area contributed by atoms with Crippen molar-refractivity contribution in [1.82, 2.24) is 15.3 Å². The van der Waals surface area contributed by atoms with Crippen LogP contribution in [-0.2, 0) is 16.4 Å². The Morgan fingerprint density at radius 2 is 2.00 bits per heavy atom. The van der Waals surface area contributed by atoms with Crippen molar-refractivity contribution < 1.29 is 13.2 Å². The first-order valence-electron chi connectivity index (χ1n) is 7.61. The summed E-state index contributed by atoms with van der Waals surface area (Å²) in [6.45, 7) is 0.403. The molecule has 126 valence electrons. The maximum Gasteiger partial charge on any atom is 0.253 e. The Morgan fingerprint density at radius 1 is 1.21 bits per heavy atom. The van der Waals surface area contributed by atoms with Crippen LogP contribution in [0.5, 0.6) is 0 Å². The predicted octanol–water partition coefficient (Wildman–Crippen LogP) is 1.01. The standard InChI is InChI=1S/C16H18N4O3S/c21-16(19-8-12-1-4-17-5-2-12)13-7-15(10-18-9-13)20-14-3-6-24(22,23)11-14/h1-2,4-5,7,9-10,14,20H,3,6,8,11H2,(H,19,21). The van der Waals surface area contributed by atoms with Crippen molar-refractivity contribution in [2.75, 3.05) is 16.8 Å². The van der Waals surface area contributed by atoms with Crippen molar-refractivity contribution in [3.63, 3.8) is 0 Å². The van der Waals surface area contributed by atoms with E-state index in [-0.39, 0.29) is 23.5 Å². The Hall–Kier alpha value is -2.48. The monoisotopic (exact) mass is 346 g/mol. The molecular formula is C16H18N4O3S. The number of rotatable bonds is 5. The van der Waals surface area contributed by atoms with E-state index in [1.165, 1.54) is 6.20 Å². The number of nitrogens with one attached hydrogen (secondary N) is 2. The van der Waals surface area contributed by atoms with Gasteiger partial charge in [-0.15, -0.1) is 0 Å². The van der Waals surface area contributed by atoms with Gasteiger partial charge in [0.1, 0.15) is 0 Å². The molecule has 0 spiro atoms. The molecule has 2 N–H and O–H groups in total. The third kappa shape index (κ3) is 4.29. The highest BCUT2D eigenvalue weighted by molar-refractivity contribution is 7.91. The second kappa shape index (κ2) is 6.96. The number of hydrogen-bond acceptors (Lipinski definition) is 6. The number of nitrogens with zero attached hydrogens (tertiary/aromatic N) is 2. The first-order valence-corrected chi connectivity index (χ1v) is 9.43. The topological polar surface area (TPSA) is 101 Å². The van der Waals surface area contributed by atoms with Crippen LogP contribution < -0.4 is 10.6 Å². The van der Waals surface area contributed by atoms with Gasteiger partial charge in [0.15, 0.2) is 9.84 Å². The normalized spacial score (nSPS) is 18.9. The SMILES string of the molecule is O=C(NCc1ccncc1)c1cncc(NC2CCS(=O)(=O)C2)c1. The predicted molar refractivity (Wildman–Crippen MR) is 90.3 cm³/mol. The minimum Gasteiger partial charge on any atom is -0.380 e. The highest BCUT2D eigenvalue weighted by Gasteiger charge is 2.27. The molecule has 8 heteroatoms. The van der Waals surface area contributed by atoms with Crippen molar-refractivity contribution in [3.8, 4) is 0 Å². The average Bonchev–Trinajstić information content (AvgIpc) is 2.92. The summed E-state index contributed by atoms with van der Waals surface area (Å²) in [4.78, 5) is 20.2. The summed E-state index contributed by atoms with van der Waals surface area (Å²) in [6.07, 6.45) is 6.98. The zero-order valence-corrected chi connectivity index (χ0v) is 13.8. The van der Waals surface area contributed by atoms with Crippen LogP contribution in [0.4, 0.5) is 5.69 Å². The fraction of sp³-hybridized carbons (Fsp3) is 0.312. The summed E-state index contributed by atoms with van der Waals surface area (Å²) in [7, 11) is -2.95. The summed E-state index contributed by atoms with van der Waals surface area (Å²) in [5, 5.41) is 5.95. The van der Waals surface area contributed by atoms with Crippen LogP contribution in [0.2, 0.25) is 0 Å². The molecule has 2 aromatic rings. The summed E-state index contributed by atoms with van der Waals surface area (Å²) >= 11 is 0. The molecule has 1 atom stereocenters. The molecule has 1 fully saturated rings. The van der Waals surface area contributed by atoms with Gasteiger partial charge in [0.2, 0.25) is 0 Å². The van der Waals surface area contributed by atoms with E-state index in [1.807, 2.05) is 12.1 Å². The van der Waals surface area contributed by atoms with Crippen LogP contribution in [0.25, 0.3) is 0 Å². The van der Waals surface area contributed by atoms with Gasteiger partial charge in [-0.2, -0.15) is 0 Å². The summed E-state index contributed by atoms with van der Waals surface area (Å²) in [6, 6.07) is 5.21. The van der Waals surface area contributed by atoms with E-state index in [0.29, 0.717) is 24.2 Å². The molecule has 1 aliphatic rings. The average molecular weight is 346 g/mol. The Labute approximate surface area is 140 Å². The zero-order valence-electron chi connectivity index (χ0n) is 13.0. The molecule has 0 bridgehead atoms. The lowest BCUT2D eigenvalue weighted by atomic mass is 10.2. The molecule has 3 heterocycles. The summed E-state index contributed by atoms with van der Waals surface area (Å²) in [5.41, 5.74) is 2.03. The molecule has 7 nitrogen and oxygen atoms in total. The van der Waals surface area contributed by atoms with Gasteiger partial charge in [-0.25, -0.2) is 8.42 Å². The number of carbonyl (C=O) groups excluding carboxylic acids is 1. The lowest BCUT2D eigenvalue weighted by molar-refractivity contribution is 0.0950. The lowest BCUT2D eigenvalue weighted by Crippen LogP contribution is -2.24. The highest BCUT2D eigenvalue weighted by Crippen LogP contribution is 2.17. The number of pyridine rings is 2. The molecule has 1 unspecified atom stereocenters. The summed E-state index contributed by atoms with van der Waals surface area (Å²) < 4.78 is 23.0. The minimum atomic E-state index is -2.95. The quantitative estimate of drug-likeness (QED) is 0.838. The van der Waals surface area contributed by atoms with E-state index in [9.17, 15) is 13.2 Å². The fourth-order valence-corrected chi connectivity index (χ4v) is 4.25. The Kier molecular flexibility index (Phi) is 4.75. The smallest absolute Gasteiger partial charge is 0.253 e. The van der Waals surface area contributed by atoms with Crippen LogP contribution in [0.3, 0.4) is 0 Å². The Morgan fingerprint density at radius 3 is 2.71 bits per heavy atom. The van der Waals surface area contributed by atoms with Gasteiger partial charge >= 0.3 is 0 Å². The van der Waals surface area contributed by atoms with Crippen LogP contribution in [-0.4, -0.2) is 41.8 Å². The van der Waals surface area contributed by atoms with Crippen molar-refractivity contribution in [2.45, 2.75) is 19.0 Å². The molecule has 24 heavy (non-hydrogen) atoms. The van der Waals surface area contributed by atoms with Gasteiger partial charge in [0, 0.05) is 37.4 Å². The van der Waals surface area contributed by atoms with E-state index in [0.717, 1.165) is 5.56 Å². The van der Waals surface area contributed by atoms with Gasteiger partial charge in [-0.1, -0.05) is 0 Å². The number of sulfone groups is 1. The number of hydrogen-bond donors (Lipinski definition) is 2. The molecule has 0 aliphatic carbocycles. The molecular weight excluding hydrogens is 328 g/mol. The second-order valence-corrected chi connectivity index (χ2v) is 7.97. The molecule has 1 amide bonds. The molecule has 1 saturated heterocycles. The van der Waals surface area contributed by atoms with Crippen molar-refractivity contribution >= 4 is 21.4 Å². The van der Waals surface area contributed by atoms with Gasteiger partial charge in [0.25, 0.3) is 5.91 Å². The van der Waals surface area contributed by atoms with Crippen molar-refractivity contribution in [3.05, 3.63) is 54.1 Å². The first kappa shape index (κ1) is 16.4. The molecule has 3 rings (SSSR count). The van der Waals surface area contributed by atoms with E-state index in [4.69, 9.17) is 0 Å². The van der Waals surface area contributed by atoms with Crippen LogP contribution in [0.1, 0.15) is 22.3 Å².